The summed E-state index contributed by atoms with van der Waals surface area (Å²) in [5.41, 5.74) is 0.187. The first-order valence-electron chi connectivity index (χ1n) is 19.1. The smallest absolute Gasteiger partial charge is 0.410 e. The van der Waals surface area contributed by atoms with Crippen LogP contribution in [0.4, 0.5) is 9.59 Å². The van der Waals surface area contributed by atoms with E-state index in [0.29, 0.717) is 30.8 Å². The SMILES string of the molecule is COC(=O)N1C2CCC(C3CCC4C(CCN4S(C)(=O)=O)C3)CC2N(C(=O)OC2CCC3(CCCCCCCCCC3)NC2)C[C@@H]1C. The number of nitrogens with zero attached hydrogens (tertiary/aromatic N) is 3. The van der Waals surface area contributed by atoms with E-state index >= 15 is 0 Å². The molecule has 0 bridgehead atoms. The number of carbonyl (C=O) groups excluding carboxylic acids is 2. The Bertz CT molecular complexity index is 1180. The van der Waals surface area contributed by atoms with E-state index in [1.807, 2.05) is 16.7 Å². The minimum Gasteiger partial charge on any atom is -0.453 e. The van der Waals surface area contributed by atoms with E-state index in [0.717, 1.165) is 64.3 Å². The van der Waals surface area contributed by atoms with Gasteiger partial charge in [-0.05, 0) is 95.3 Å². The van der Waals surface area contributed by atoms with Gasteiger partial charge in [-0.25, -0.2) is 18.0 Å². The van der Waals surface area contributed by atoms with E-state index in [2.05, 4.69) is 5.32 Å². The lowest BCUT2D eigenvalue weighted by molar-refractivity contribution is -0.0538. The lowest BCUT2D eigenvalue weighted by atomic mass is 9.66. The van der Waals surface area contributed by atoms with Gasteiger partial charge >= 0.3 is 12.2 Å². The lowest BCUT2D eigenvalue weighted by Crippen LogP contribution is -2.67. The topological polar surface area (TPSA) is 108 Å². The number of carbonyl (C=O) groups is 2. The van der Waals surface area contributed by atoms with Gasteiger partial charge in [-0.1, -0.05) is 51.4 Å². The molecule has 6 rings (SSSR count). The summed E-state index contributed by atoms with van der Waals surface area (Å²) in [6.45, 7) is 3.82. The molecule has 0 radical (unpaired) electrons. The van der Waals surface area contributed by atoms with Crippen molar-refractivity contribution in [1.29, 1.82) is 0 Å². The van der Waals surface area contributed by atoms with E-state index in [4.69, 9.17) is 9.47 Å². The van der Waals surface area contributed by atoms with Crippen molar-refractivity contribution in [2.24, 2.45) is 17.8 Å². The first kappa shape index (κ1) is 35.2. The second-order valence-electron chi connectivity index (χ2n) is 16.2. The van der Waals surface area contributed by atoms with Crippen LogP contribution >= 0.6 is 0 Å². The summed E-state index contributed by atoms with van der Waals surface area (Å²) in [6.07, 6.45) is 22.4. The van der Waals surface area contributed by atoms with E-state index in [1.54, 1.807) is 4.31 Å². The molecule has 3 aliphatic carbocycles. The molecular weight excluding hydrogens is 616 g/mol. The number of hydrogen-bond donors (Lipinski definition) is 1. The van der Waals surface area contributed by atoms with Crippen LogP contribution in [0.15, 0.2) is 0 Å². The van der Waals surface area contributed by atoms with E-state index < -0.39 is 10.0 Å². The van der Waals surface area contributed by atoms with Gasteiger partial charge in [-0.15, -0.1) is 0 Å². The zero-order valence-electron chi connectivity index (χ0n) is 29.4. The van der Waals surface area contributed by atoms with Gasteiger partial charge in [-0.3, -0.25) is 4.90 Å². The van der Waals surface area contributed by atoms with Gasteiger partial charge in [0.25, 0.3) is 0 Å². The third-order valence-electron chi connectivity index (χ3n) is 13.3. The molecule has 7 unspecified atom stereocenters. The number of amides is 2. The molecule has 3 saturated carbocycles. The van der Waals surface area contributed by atoms with Crippen molar-refractivity contribution < 1.29 is 27.5 Å². The van der Waals surface area contributed by atoms with Gasteiger partial charge in [0.1, 0.15) is 6.10 Å². The predicted octanol–water partition coefficient (Wildman–Crippen LogP) is 6.29. The van der Waals surface area contributed by atoms with E-state index in [9.17, 15) is 18.0 Å². The highest BCUT2D eigenvalue weighted by Gasteiger charge is 2.51. The second kappa shape index (κ2) is 15.1. The summed E-state index contributed by atoms with van der Waals surface area (Å²) in [6, 6.07) is -0.198. The largest absolute Gasteiger partial charge is 0.453 e. The average molecular weight is 679 g/mol. The number of sulfonamides is 1. The van der Waals surface area contributed by atoms with Gasteiger partial charge in [0.05, 0.1) is 31.5 Å². The zero-order valence-corrected chi connectivity index (χ0v) is 30.2. The molecule has 3 saturated heterocycles. The molecule has 3 heterocycles. The molecule has 6 aliphatic rings. The molecule has 0 aromatic rings. The first-order chi connectivity index (χ1) is 22.6. The summed E-state index contributed by atoms with van der Waals surface area (Å²) < 4.78 is 38.0. The maximum atomic E-state index is 14.0. The zero-order chi connectivity index (χ0) is 33.2. The fraction of sp³-hybridized carbons (Fsp3) is 0.944. The van der Waals surface area contributed by atoms with Gasteiger partial charge in [0.15, 0.2) is 0 Å². The molecule has 2 amide bonds. The Labute approximate surface area is 284 Å². The third-order valence-corrected chi connectivity index (χ3v) is 14.6. The predicted molar refractivity (Wildman–Crippen MR) is 183 cm³/mol. The summed E-state index contributed by atoms with van der Waals surface area (Å²) in [4.78, 5) is 30.9. The minimum atomic E-state index is -3.18. The standard InChI is InChI=1S/C36H62N4O6S/c1-26-25-38(34(41)46-30-16-20-36(37-24-30)18-10-8-6-4-5-7-9-11-19-36)33-23-28(13-15-32(33)40(26)35(42)45-2)27-12-14-31-29(22-27)17-21-39(31)47(3,43)44/h26-33,37H,4-25H2,1-3H3/t26-,27?,28?,29?,30?,31?,32?,33?/m0/s1. The number of rotatable bonds is 3. The molecule has 11 heteroatoms. The summed E-state index contributed by atoms with van der Waals surface area (Å²) in [5.74, 6) is 1.37. The highest BCUT2D eigenvalue weighted by Crippen LogP contribution is 2.47. The second-order valence-corrected chi connectivity index (χ2v) is 18.1. The fourth-order valence-electron chi connectivity index (χ4n) is 10.8. The monoisotopic (exact) mass is 678 g/mol. The Hall–Kier alpha value is -1.59. The third kappa shape index (κ3) is 7.92. The molecule has 0 aromatic heterocycles. The summed E-state index contributed by atoms with van der Waals surface area (Å²) >= 11 is 0. The Morgan fingerprint density at radius 2 is 1.38 bits per heavy atom. The minimum absolute atomic E-state index is 0.0849. The Kier molecular flexibility index (Phi) is 11.3. The molecule has 10 nitrogen and oxygen atoms in total. The molecular formula is C36H62N4O6S. The maximum Gasteiger partial charge on any atom is 0.410 e. The molecule has 268 valence electrons. The molecule has 3 aliphatic heterocycles. The highest BCUT2D eigenvalue weighted by molar-refractivity contribution is 7.88. The van der Waals surface area contributed by atoms with Crippen LogP contribution in [0.5, 0.6) is 0 Å². The quantitative estimate of drug-likeness (QED) is 0.374. The van der Waals surface area contributed by atoms with Crippen molar-refractivity contribution in [3.63, 3.8) is 0 Å². The molecule has 1 spiro atoms. The van der Waals surface area contributed by atoms with Gasteiger partial charge in [-0.2, -0.15) is 4.31 Å². The van der Waals surface area contributed by atoms with Gasteiger partial charge in [0.2, 0.25) is 10.0 Å². The van der Waals surface area contributed by atoms with Crippen LogP contribution in [0.1, 0.15) is 129 Å². The normalized spacial score (nSPS) is 37.3. The number of ether oxygens (including phenoxy) is 2. The molecule has 6 fully saturated rings. The Morgan fingerprint density at radius 3 is 2.00 bits per heavy atom. The molecule has 8 atom stereocenters. The number of hydrogen-bond acceptors (Lipinski definition) is 7. The number of piperidine rings is 1. The van der Waals surface area contributed by atoms with Crippen molar-refractivity contribution in [2.75, 3.05) is 33.0 Å². The van der Waals surface area contributed by atoms with Crippen molar-refractivity contribution in [3.8, 4) is 0 Å². The van der Waals surface area contributed by atoms with E-state index in [-0.39, 0.29) is 48.0 Å². The van der Waals surface area contributed by atoms with Crippen molar-refractivity contribution in [2.45, 2.75) is 165 Å². The molecule has 1 N–H and O–H groups in total. The maximum absolute atomic E-state index is 14.0. The number of piperazine rings is 1. The summed E-state index contributed by atoms with van der Waals surface area (Å²) in [5, 5.41) is 3.90. The fourth-order valence-corrected chi connectivity index (χ4v) is 12.0. The number of nitrogens with one attached hydrogen (secondary N) is 1. The molecule has 0 aromatic carbocycles. The molecule has 47 heavy (non-hydrogen) atoms. The van der Waals surface area contributed by atoms with Gasteiger partial charge < -0.3 is 19.7 Å². The van der Waals surface area contributed by atoms with Crippen LogP contribution in [0.2, 0.25) is 0 Å². The van der Waals surface area contributed by atoms with Crippen molar-refractivity contribution in [3.05, 3.63) is 0 Å². The highest BCUT2D eigenvalue weighted by atomic mass is 32.2. The van der Waals surface area contributed by atoms with Crippen molar-refractivity contribution >= 4 is 22.2 Å². The van der Waals surface area contributed by atoms with Crippen LogP contribution in [-0.4, -0.2) is 104 Å². The lowest BCUT2D eigenvalue weighted by Gasteiger charge is -2.54. The van der Waals surface area contributed by atoms with Crippen LogP contribution in [0, 0.1) is 17.8 Å². The number of methoxy groups -OCH3 is 1. The Morgan fingerprint density at radius 1 is 0.745 bits per heavy atom. The average Bonchev–Trinajstić information content (AvgIpc) is 3.48. The van der Waals surface area contributed by atoms with Crippen LogP contribution < -0.4 is 5.32 Å². The summed E-state index contributed by atoms with van der Waals surface area (Å²) in [7, 11) is -1.73. The van der Waals surface area contributed by atoms with Crippen molar-refractivity contribution in [1.82, 2.24) is 19.4 Å². The van der Waals surface area contributed by atoms with Gasteiger partial charge in [0, 0.05) is 31.2 Å². The van der Waals surface area contributed by atoms with E-state index in [1.165, 1.54) is 77.6 Å². The van der Waals surface area contributed by atoms with Crippen LogP contribution in [0.25, 0.3) is 0 Å². The Balaban J connectivity index is 1.10. The van der Waals surface area contributed by atoms with Crippen LogP contribution in [-0.2, 0) is 19.5 Å². The van der Waals surface area contributed by atoms with Crippen LogP contribution in [0.3, 0.4) is 0 Å². The number of fused-ring (bicyclic) bond motifs is 2. The first-order valence-corrected chi connectivity index (χ1v) is 21.0.